The number of carbonyl (C=O) groups excluding carboxylic acids is 1. The molecule has 0 radical (unpaired) electrons. The summed E-state index contributed by atoms with van der Waals surface area (Å²) in [5.41, 5.74) is 5.89. The Morgan fingerprint density at radius 3 is 2.47 bits per heavy atom. The molecule has 0 atom stereocenters. The van der Waals surface area contributed by atoms with Gasteiger partial charge in [-0.15, -0.1) is 0 Å². The fraction of sp³-hybridized carbons (Fsp3) is 0.417. The van der Waals surface area contributed by atoms with Crippen molar-refractivity contribution in [1.29, 1.82) is 0 Å². The summed E-state index contributed by atoms with van der Waals surface area (Å²) in [5, 5.41) is 3.25. The lowest BCUT2D eigenvalue weighted by Gasteiger charge is -2.45. The lowest BCUT2D eigenvalue weighted by Crippen LogP contribution is -2.58. The van der Waals surface area contributed by atoms with E-state index in [1.165, 1.54) is 0 Å². The summed E-state index contributed by atoms with van der Waals surface area (Å²) in [6, 6.07) is 9.74. The highest BCUT2D eigenvalue weighted by Gasteiger charge is 2.47. The number of anilines is 1. The molecule has 0 aromatic heterocycles. The van der Waals surface area contributed by atoms with Gasteiger partial charge >= 0.3 is 0 Å². The molecule has 0 bridgehead atoms. The SMILES string of the molecule is CC1CC(Nc2ccccc2)(C(N)=O)C1. The quantitative estimate of drug-likeness (QED) is 0.788. The number of primary amides is 1. The molecular formula is C12H16N2O. The number of carbonyl (C=O) groups is 1. The van der Waals surface area contributed by atoms with Gasteiger partial charge in [0.15, 0.2) is 0 Å². The van der Waals surface area contributed by atoms with Gasteiger partial charge in [0, 0.05) is 5.69 Å². The molecule has 0 aliphatic heterocycles. The summed E-state index contributed by atoms with van der Waals surface area (Å²) >= 11 is 0. The van der Waals surface area contributed by atoms with Crippen LogP contribution in [0, 0.1) is 5.92 Å². The van der Waals surface area contributed by atoms with E-state index in [9.17, 15) is 4.79 Å². The van der Waals surface area contributed by atoms with Gasteiger partial charge in [-0.2, -0.15) is 0 Å². The highest BCUT2D eigenvalue weighted by molar-refractivity contribution is 5.89. The molecule has 3 nitrogen and oxygen atoms in total. The second kappa shape index (κ2) is 3.57. The standard InChI is InChI=1S/C12H16N2O/c1-9-7-12(8-9,11(13)15)14-10-5-3-2-4-6-10/h2-6,9,14H,7-8H2,1H3,(H2,13,15). The number of amides is 1. The van der Waals surface area contributed by atoms with Crippen LogP contribution in [0.15, 0.2) is 30.3 Å². The van der Waals surface area contributed by atoms with Crippen LogP contribution in [-0.2, 0) is 4.79 Å². The first-order valence-corrected chi connectivity index (χ1v) is 5.25. The largest absolute Gasteiger partial charge is 0.371 e. The van der Waals surface area contributed by atoms with Crippen LogP contribution in [-0.4, -0.2) is 11.4 Å². The Bertz CT molecular complexity index is 355. The van der Waals surface area contributed by atoms with Gasteiger partial charge in [0.1, 0.15) is 5.54 Å². The number of nitrogens with two attached hydrogens (primary N) is 1. The van der Waals surface area contributed by atoms with Crippen LogP contribution in [0.4, 0.5) is 5.69 Å². The maximum Gasteiger partial charge on any atom is 0.243 e. The van der Waals surface area contributed by atoms with Crippen LogP contribution in [0.5, 0.6) is 0 Å². The maximum atomic E-state index is 11.4. The van der Waals surface area contributed by atoms with Crippen LogP contribution >= 0.6 is 0 Å². The predicted molar refractivity (Wildman–Crippen MR) is 60.4 cm³/mol. The zero-order chi connectivity index (χ0) is 10.9. The molecule has 1 saturated carbocycles. The van der Waals surface area contributed by atoms with Crippen molar-refractivity contribution in [2.45, 2.75) is 25.3 Å². The Balaban J connectivity index is 2.13. The summed E-state index contributed by atoms with van der Waals surface area (Å²) in [4.78, 5) is 11.4. The minimum Gasteiger partial charge on any atom is -0.371 e. The van der Waals surface area contributed by atoms with Gasteiger partial charge in [-0.1, -0.05) is 25.1 Å². The molecule has 0 spiro atoms. The average Bonchev–Trinajstić information content (AvgIpc) is 2.16. The van der Waals surface area contributed by atoms with Crippen molar-refractivity contribution in [2.24, 2.45) is 11.7 Å². The number of hydrogen-bond donors (Lipinski definition) is 2. The summed E-state index contributed by atoms with van der Waals surface area (Å²) < 4.78 is 0. The van der Waals surface area contributed by atoms with Crippen LogP contribution in [0.25, 0.3) is 0 Å². The molecule has 1 amide bonds. The van der Waals surface area contributed by atoms with Crippen molar-refractivity contribution in [2.75, 3.05) is 5.32 Å². The van der Waals surface area contributed by atoms with E-state index in [2.05, 4.69) is 12.2 Å². The van der Waals surface area contributed by atoms with Gasteiger partial charge in [0.25, 0.3) is 0 Å². The zero-order valence-electron chi connectivity index (χ0n) is 8.86. The van der Waals surface area contributed by atoms with E-state index in [4.69, 9.17) is 5.73 Å². The van der Waals surface area contributed by atoms with Gasteiger partial charge in [-0.25, -0.2) is 0 Å². The molecule has 0 saturated heterocycles. The molecule has 0 heterocycles. The molecule has 0 unspecified atom stereocenters. The molecule has 80 valence electrons. The first-order valence-electron chi connectivity index (χ1n) is 5.25. The Kier molecular flexibility index (Phi) is 2.39. The number of rotatable bonds is 3. The maximum absolute atomic E-state index is 11.4. The van der Waals surface area contributed by atoms with E-state index in [1.54, 1.807) is 0 Å². The Morgan fingerprint density at radius 2 is 2.00 bits per heavy atom. The third kappa shape index (κ3) is 1.82. The van der Waals surface area contributed by atoms with Gasteiger partial charge in [0.05, 0.1) is 0 Å². The molecule has 1 aromatic carbocycles. The topological polar surface area (TPSA) is 55.1 Å². The molecular weight excluding hydrogens is 188 g/mol. The Labute approximate surface area is 89.7 Å². The second-order valence-electron chi connectivity index (χ2n) is 4.45. The van der Waals surface area contributed by atoms with Crippen molar-refractivity contribution >= 4 is 11.6 Å². The van der Waals surface area contributed by atoms with Crippen molar-refractivity contribution in [3.05, 3.63) is 30.3 Å². The highest BCUT2D eigenvalue weighted by Crippen LogP contribution is 2.39. The minimum atomic E-state index is -0.513. The molecule has 3 heteroatoms. The molecule has 1 aromatic rings. The van der Waals surface area contributed by atoms with Crippen molar-refractivity contribution in [3.8, 4) is 0 Å². The van der Waals surface area contributed by atoms with Crippen molar-refractivity contribution in [3.63, 3.8) is 0 Å². The number of para-hydroxylation sites is 1. The van der Waals surface area contributed by atoms with E-state index in [0.717, 1.165) is 18.5 Å². The zero-order valence-corrected chi connectivity index (χ0v) is 8.86. The van der Waals surface area contributed by atoms with E-state index in [-0.39, 0.29) is 5.91 Å². The minimum absolute atomic E-state index is 0.246. The van der Waals surface area contributed by atoms with Crippen molar-refractivity contribution in [1.82, 2.24) is 0 Å². The molecule has 15 heavy (non-hydrogen) atoms. The van der Waals surface area contributed by atoms with Crippen LogP contribution in [0.2, 0.25) is 0 Å². The van der Waals surface area contributed by atoms with Crippen molar-refractivity contribution < 1.29 is 4.79 Å². The van der Waals surface area contributed by atoms with Gasteiger partial charge in [-0.05, 0) is 30.9 Å². The Morgan fingerprint density at radius 1 is 1.40 bits per heavy atom. The molecule has 1 aliphatic rings. The monoisotopic (exact) mass is 204 g/mol. The van der Waals surface area contributed by atoms with E-state index >= 15 is 0 Å². The summed E-state index contributed by atoms with van der Waals surface area (Å²) in [7, 11) is 0. The van der Waals surface area contributed by atoms with Gasteiger partial charge in [-0.3, -0.25) is 4.79 Å². The van der Waals surface area contributed by atoms with Crippen LogP contribution < -0.4 is 11.1 Å². The summed E-state index contributed by atoms with van der Waals surface area (Å²) in [6.45, 7) is 2.13. The number of benzene rings is 1. The molecule has 1 aliphatic carbocycles. The lowest BCUT2D eigenvalue weighted by molar-refractivity contribution is -0.126. The van der Waals surface area contributed by atoms with Gasteiger partial charge in [0.2, 0.25) is 5.91 Å². The normalized spacial score (nSPS) is 29.3. The third-order valence-electron chi connectivity index (χ3n) is 3.02. The smallest absolute Gasteiger partial charge is 0.243 e. The lowest BCUT2D eigenvalue weighted by atomic mass is 9.68. The highest BCUT2D eigenvalue weighted by atomic mass is 16.1. The Hall–Kier alpha value is -1.51. The number of hydrogen-bond acceptors (Lipinski definition) is 2. The third-order valence-corrected chi connectivity index (χ3v) is 3.02. The van der Waals surface area contributed by atoms with E-state index < -0.39 is 5.54 Å². The van der Waals surface area contributed by atoms with Crippen LogP contribution in [0.3, 0.4) is 0 Å². The fourth-order valence-corrected chi connectivity index (χ4v) is 2.29. The molecule has 2 rings (SSSR count). The number of nitrogens with one attached hydrogen (secondary N) is 1. The van der Waals surface area contributed by atoms with E-state index in [0.29, 0.717) is 5.92 Å². The average molecular weight is 204 g/mol. The second-order valence-corrected chi connectivity index (χ2v) is 4.45. The van der Waals surface area contributed by atoms with E-state index in [1.807, 2.05) is 30.3 Å². The predicted octanol–water partition coefficient (Wildman–Crippen LogP) is 1.75. The summed E-state index contributed by atoms with van der Waals surface area (Å²) in [5.74, 6) is 0.332. The summed E-state index contributed by atoms with van der Waals surface area (Å²) in [6.07, 6.45) is 1.66. The molecule has 1 fully saturated rings. The fourth-order valence-electron chi connectivity index (χ4n) is 2.29. The first kappa shape index (κ1) is 10.0. The first-order chi connectivity index (χ1) is 7.12. The molecule has 3 N–H and O–H groups in total. The van der Waals surface area contributed by atoms with Gasteiger partial charge < -0.3 is 11.1 Å². The van der Waals surface area contributed by atoms with Crippen LogP contribution in [0.1, 0.15) is 19.8 Å².